The summed E-state index contributed by atoms with van der Waals surface area (Å²) in [4.78, 5) is 11.9. The third kappa shape index (κ3) is 5.38. The normalized spacial score (nSPS) is 25.7. The van der Waals surface area contributed by atoms with Crippen molar-refractivity contribution >= 4 is 5.91 Å². The number of nitrogens with two attached hydrogens (primary N) is 1. The summed E-state index contributed by atoms with van der Waals surface area (Å²) in [7, 11) is 0. The minimum atomic E-state index is 0.0141. The van der Waals surface area contributed by atoms with Crippen molar-refractivity contribution in [2.45, 2.75) is 58.8 Å². The Morgan fingerprint density at radius 2 is 2.22 bits per heavy atom. The zero-order valence-electron chi connectivity index (χ0n) is 12.1. The molecule has 1 fully saturated rings. The molecule has 3 N–H and O–H groups in total. The number of amides is 1. The fourth-order valence-electron chi connectivity index (χ4n) is 3.07. The maximum atomic E-state index is 11.9. The lowest BCUT2D eigenvalue weighted by atomic mass is 9.81. The van der Waals surface area contributed by atoms with Crippen molar-refractivity contribution in [1.29, 1.82) is 0 Å². The van der Waals surface area contributed by atoms with E-state index in [9.17, 15) is 4.79 Å². The first-order chi connectivity index (χ1) is 8.67. The van der Waals surface area contributed by atoms with Gasteiger partial charge in [-0.2, -0.15) is 0 Å². The lowest BCUT2D eigenvalue weighted by Crippen LogP contribution is -2.36. The van der Waals surface area contributed by atoms with Crippen LogP contribution in [0.15, 0.2) is 0 Å². The number of hydrogen-bond acceptors (Lipinski definition) is 2. The second-order valence-electron chi connectivity index (χ2n) is 5.94. The summed E-state index contributed by atoms with van der Waals surface area (Å²) < 4.78 is 0. The van der Waals surface area contributed by atoms with Gasteiger partial charge in [-0.15, -0.1) is 0 Å². The monoisotopic (exact) mass is 254 g/mol. The molecule has 106 valence electrons. The van der Waals surface area contributed by atoms with Crippen molar-refractivity contribution in [3.8, 4) is 0 Å². The Kier molecular flexibility index (Phi) is 7.33. The third-order valence-corrected chi connectivity index (χ3v) is 4.19. The fourth-order valence-corrected chi connectivity index (χ4v) is 3.07. The van der Waals surface area contributed by atoms with Gasteiger partial charge in [0, 0.05) is 13.1 Å². The minimum absolute atomic E-state index is 0.0141. The molecular weight excluding hydrogens is 224 g/mol. The zero-order chi connectivity index (χ0) is 13.4. The van der Waals surface area contributed by atoms with Crippen LogP contribution in [0.25, 0.3) is 0 Å². The van der Waals surface area contributed by atoms with Crippen molar-refractivity contribution in [1.82, 2.24) is 5.32 Å². The van der Waals surface area contributed by atoms with Gasteiger partial charge in [0.25, 0.3) is 0 Å². The maximum Gasteiger partial charge on any atom is 0.224 e. The Morgan fingerprint density at radius 3 is 2.83 bits per heavy atom. The predicted molar refractivity (Wildman–Crippen MR) is 76.2 cm³/mol. The van der Waals surface area contributed by atoms with Crippen molar-refractivity contribution in [2.75, 3.05) is 13.1 Å². The zero-order valence-corrected chi connectivity index (χ0v) is 12.1. The molecule has 18 heavy (non-hydrogen) atoms. The van der Waals surface area contributed by atoms with Crippen molar-refractivity contribution in [3.63, 3.8) is 0 Å². The smallest absolute Gasteiger partial charge is 0.224 e. The van der Waals surface area contributed by atoms with Gasteiger partial charge in [-0.25, -0.2) is 0 Å². The second kappa shape index (κ2) is 8.52. The molecule has 3 atom stereocenters. The summed E-state index contributed by atoms with van der Waals surface area (Å²) in [6, 6.07) is 0. The first kappa shape index (κ1) is 15.5. The van der Waals surface area contributed by atoms with Crippen LogP contribution in [-0.2, 0) is 4.79 Å². The average Bonchev–Trinajstić information content (AvgIpc) is 2.36. The fraction of sp³-hybridized carbons (Fsp3) is 0.933. The van der Waals surface area contributed by atoms with E-state index in [4.69, 9.17) is 5.73 Å². The van der Waals surface area contributed by atoms with Crippen LogP contribution >= 0.6 is 0 Å². The molecule has 1 saturated carbocycles. The molecule has 1 amide bonds. The third-order valence-electron chi connectivity index (χ3n) is 4.19. The second-order valence-corrected chi connectivity index (χ2v) is 5.94. The first-order valence-electron chi connectivity index (χ1n) is 7.65. The van der Waals surface area contributed by atoms with E-state index in [1.54, 1.807) is 0 Å². The molecule has 1 aliphatic rings. The summed E-state index contributed by atoms with van der Waals surface area (Å²) in [5, 5.41) is 3.06. The SMILES string of the molecule is CCCC(CN)C(=O)NCCC1CCCC(C)C1. The quantitative estimate of drug-likeness (QED) is 0.734. The lowest BCUT2D eigenvalue weighted by Gasteiger charge is -2.26. The summed E-state index contributed by atoms with van der Waals surface area (Å²) in [5.41, 5.74) is 5.63. The van der Waals surface area contributed by atoms with Gasteiger partial charge >= 0.3 is 0 Å². The number of carbonyl (C=O) groups excluding carboxylic acids is 1. The van der Waals surface area contributed by atoms with E-state index in [1.807, 2.05) is 0 Å². The highest BCUT2D eigenvalue weighted by atomic mass is 16.1. The standard InChI is InChI=1S/C15H30N2O/c1-3-5-14(11-16)15(18)17-9-8-13-7-4-6-12(2)10-13/h12-14H,3-11,16H2,1-2H3,(H,17,18). The lowest BCUT2D eigenvalue weighted by molar-refractivity contribution is -0.124. The van der Waals surface area contributed by atoms with Crippen LogP contribution in [-0.4, -0.2) is 19.0 Å². The van der Waals surface area contributed by atoms with Gasteiger partial charge in [0.05, 0.1) is 5.92 Å². The van der Waals surface area contributed by atoms with Crippen molar-refractivity contribution in [3.05, 3.63) is 0 Å². The van der Waals surface area contributed by atoms with Gasteiger partial charge in [-0.1, -0.05) is 39.5 Å². The van der Waals surface area contributed by atoms with Crippen LogP contribution in [0.4, 0.5) is 0 Å². The van der Waals surface area contributed by atoms with Gasteiger partial charge < -0.3 is 11.1 Å². The predicted octanol–water partition coefficient (Wildman–Crippen LogP) is 2.69. The van der Waals surface area contributed by atoms with Gasteiger partial charge in [0.2, 0.25) is 5.91 Å². The number of hydrogen-bond donors (Lipinski definition) is 2. The molecule has 3 unspecified atom stereocenters. The van der Waals surface area contributed by atoms with Crippen molar-refractivity contribution in [2.24, 2.45) is 23.5 Å². The van der Waals surface area contributed by atoms with Crippen molar-refractivity contribution < 1.29 is 4.79 Å². The molecule has 0 aromatic carbocycles. The van der Waals surface area contributed by atoms with Crippen LogP contribution < -0.4 is 11.1 Å². The van der Waals surface area contributed by atoms with Crippen LogP contribution in [0, 0.1) is 17.8 Å². The molecule has 1 rings (SSSR count). The van der Waals surface area contributed by atoms with E-state index in [2.05, 4.69) is 19.2 Å². The topological polar surface area (TPSA) is 55.1 Å². The molecular formula is C15H30N2O. The Morgan fingerprint density at radius 1 is 1.44 bits per heavy atom. The molecule has 0 saturated heterocycles. The van der Waals surface area contributed by atoms with Gasteiger partial charge in [-0.05, 0) is 31.1 Å². The number of carbonyl (C=O) groups is 1. The summed E-state index contributed by atoms with van der Waals surface area (Å²) in [6.07, 6.45) is 8.49. The maximum absolute atomic E-state index is 11.9. The Bertz CT molecular complexity index is 243. The summed E-state index contributed by atoms with van der Waals surface area (Å²) in [6.45, 7) is 5.74. The highest BCUT2D eigenvalue weighted by molar-refractivity contribution is 5.78. The Balaban J connectivity index is 2.17. The molecule has 3 nitrogen and oxygen atoms in total. The summed E-state index contributed by atoms with van der Waals surface area (Å²) >= 11 is 0. The molecule has 0 spiro atoms. The first-order valence-corrected chi connectivity index (χ1v) is 7.65. The number of rotatable bonds is 7. The molecule has 0 aromatic heterocycles. The molecule has 0 aromatic rings. The largest absolute Gasteiger partial charge is 0.356 e. The van der Waals surface area contributed by atoms with E-state index >= 15 is 0 Å². The summed E-state index contributed by atoms with van der Waals surface area (Å²) in [5.74, 6) is 1.86. The van der Waals surface area contributed by atoms with Crippen LogP contribution in [0.2, 0.25) is 0 Å². The van der Waals surface area contributed by atoms with E-state index in [0.29, 0.717) is 6.54 Å². The Labute approximate surface area is 112 Å². The number of nitrogens with one attached hydrogen (secondary N) is 1. The van der Waals surface area contributed by atoms with Crippen LogP contribution in [0.5, 0.6) is 0 Å². The van der Waals surface area contributed by atoms with Gasteiger partial charge in [0.15, 0.2) is 0 Å². The average molecular weight is 254 g/mol. The highest BCUT2D eigenvalue weighted by Gasteiger charge is 2.19. The molecule has 3 heteroatoms. The molecule has 0 bridgehead atoms. The molecule has 1 aliphatic carbocycles. The van der Waals surface area contributed by atoms with Crippen LogP contribution in [0.3, 0.4) is 0 Å². The molecule has 0 heterocycles. The van der Waals surface area contributed by atoms with E-state index < -0.39 is 0 Å². The highest BCUT2D eigenvalue weighted by Crippen LogP contribution is 2.30. The van der Waals surface area contributed by atoms with E-state index in [-0.39, 0.29) is 11.8 Å². The minimum Gasteiger partial charge on any atom is -0.356 e. The van der Waals surface area contributed by atoms with Crippen LogP contribution in [0.1, 0.15) is 58.8 Å². The van der Waals surface area contributed by atoms with E-state index in [0.717, 1.165) is 37.6 Å². The Hall–Kier alpha value is -0.570. The van der Waals surface area contributed by atoms with Gasteiger partial charge in [-0.3, -0.25) is 4.79 Å². The molecule has 0 radical (unpaired) electrons. The van der Waals surface area contributed by atoms with E-state index in [1.165, 1.54) is 25.7 Å². The molecule has 0 aliphatic heterocycles. The van der Waals surface area contributed by atoms with Gasteiger partial charge in [0.1, 0.15) is 0 Å².